The van der Waals surface area contributed by atoms with Crippen LogP contribution in [0.3, 0.4) is 0 Å². The van der Waals surface area contributed by atoms with Gasteiger partial charge in [-0.25, -0.2) is 0 Å². The lowest BCUT2D eigenvalue weighted by atomic mass is 9.94. The third-order valence-corrected chi connectivity index (χ3v) is 7.00. The van der Waals surface area contributed by atoms with Gasteiger partial charge in [0.15, 0.2) is 0 Å². The number of benzene rings is 1. The average Bonchev–Trinajstić information content (AvgIpc) is 3.34. The first kappa shape index (κ1) is 23.6. The molecule has 0 bridgehead atoms. The molecule has 1 saturated carbocycles. The quantitative estimate of drug-likeness (QED) is 0.459. The largest absolute Gasteiger partial charge is 0.480 e. The van der Waals surface area contributed by atoms with Crippen molar-refractivity contribution in [3.63, 3.8) is 0 Å². The molecule has 0 unspecified atom stereocenters. The molecule has 1 aliphatic carbocycles. The number of aromatic amines is 1. The molecular weight excluding hydrogens is 466 g/mol. The van der Waals surface area contributed by atoms with E-state index < -0.39 is 5.97 Å². The van der Waals surface area contributed by atoms with Gasteiger partial charge in [0.25, 0.3) is 5.56 Å². The summed E-state index contributed by atoms with van der Waals surface area (Å²) in [5.41, 5.74) is 5.53. The van der Waals surface area contributed by atoms with E-state index >= 15 is 0 Å². The zero-order valence-corrected chi connectivity index (χ0v) is 20.1. The number of ether oxygens (including phenoxy) is 1. The van der Waals surface area contributed by atoms with Crippen LogP contribution < -0.4 is 5.56 Å². The number of carboxylic acid groups (broad SMARTS) is 1. The average molecular weight is 494 g/mol. The van der Waals surface area contributed by atoms with Gasteiger partial charge in [0.05, 0.1) is 12.8 Å². The summed E-state index contributed by atoms with van der Waals surface area (Å²) in [6.07, 6.45) is 10.2. The minimum atomic E-state index is -0.921. The number of aliphatic carboxylic acids is 1. The number of hydrogen-bond donors (Lipinski definition) is 2. The molecule has 182 valence electrons. The van der Waals surface area contributed by atoms with E-state index in [4.69, 9.17) is 21.4 Å². The Kier molecular flexibility index (Phi) is 6.88. The predicted molar refractivity (Wildman–Crippen MR) is 134 cm³/mol. The van der Waals surface area contributed by atoms with Gasteiger partial charge in [-0.05, 0) is 66.8 Å². The van der Waals surface area contributed by atoms with Gasteiger partial charge < -0.3 is 14.8 Å². The number of pyridine rings is 1. The van der Waals surface area contributed by atoms with E-state index in [1.165, 1.54) is 4.68 Å². The molecule has 0 amide bonds. The lowest BCUT2D eigenvalue weighted by molar-refractivity contribution is -0.137. The Morgan fingerprint density at radius 1 is 1.23 bits per heavy atom. The summed E-state index contributed by atoms with van der Waals surface area (Å²) in [7, 11) is 0. The highest BCUT2D eigenvalue weighted by Gasteiger charge is 2.26. The first-order chi connectivity index (χ1) is 17.0. The number of nitrogens with zero attached hydrogens (tertiary/aromatic N) is 2. The van der Waals surface area contributed by atoms with Crippen LogP contribution in [0.2, 0.25) is 5.02 Å². The molecule has 1 aliphatic heterocycles. The molecule has 2 fully saturated rings. The van der Waals surface area contributed by atoms with Crippen LogP contribution >= 0.6 is 11.6 Å². The standard InChI is InChI=1S/C27H28ClN3O4/c28-24-12-21(6-5-20(24)2-1-18-13-29-31(14-18)15-26(32)33)23(11-17-9-10-35-16-17)25-8-7-22(19-3-4-19)27(34)30-25/h5-8,11-14,17,19H,1-4,9-10,15-16H2,(H,30,34)(H,32,33)/b23-11+/t17-/m1/s1. The number of carboxylic acids is 1. The number of carbonyl (C=O) groups is 1. The van der Waals surface area contributed by atoms with E-state index in [2.05, 4.69) is 16.2 Å². The fourth-order valence-corrected chi connectivity index (χ4v) is 4.85. The molecule has 1 saturated heterocycles. The second-order valence-electron chi connectivity index (χ2n) is 9.38. The smallest absolute Gasteiger partial charge is 0.325 e. The highest BCUT2D eigenvalue weighted by molar-refractivity contribution is 6.31. The zero-order chi connectivity index (χ0) is 24.4. The molecule has 35 heavy (non-hydrogen) atoms. The summed E-state index contributed by atoms with van der Waals surface area (Å²) in [4.78, 5) is 26.7. The fraction of sp³-hybridized carbons (Fsp3) is 0.370. The van der Waals surface area contributed by atoms with E-state index in [0.29, 0.717) is 30.4 Å². The molecule has 1 aromatic carbocycles. The zero-order valence-electron chi connectivity index (χ0n) is 19.4. The number of aryl methyl sites for hydroxylation is 2. The molecule has 5 rings (SSSR count). The second-order valence-corrected chi connectivity index (χ2v) is 9.79. The number of aromatic nitrogens is 3. The fourth-order valence-electron chi connectivity index (χ4n) is 4.58. The third kappa shape index (κ3) is 5.74. The molecule has 3 heterocycles. The maximum atomic E-state index is 12.7. The molecule has 0 spiro atoms. The van der Waals surface area contributed by atoms with Crippen LogP contribution in [0.15, 0.2) is 53.6 Å². The van der Waals surface area contributed by atoms with Crippen molar-refractivity contribution >= 4 is 23.1 Å². The van der Waals surface area contributed by atoms with Crippen LogP contribution in [0.25, 0.3) is 5.57 Å². The number of nitrogens with one attached hydrogen (secondary N) is 1. The molecular formula is C27H28ClN3O4. The van der Waals surface area contributed by atoms with E-state index in [1.54, 1.807) is 12.4 Å². The van der Waals surface area contributed by atoms with Crippen LogP contribution in [-0.2, 0) is 28.9 Å². The monoisotopic (exact) mass is 493 g/mol. The van der Waals surface area contributed by atoms with Crippen molar-refractivity contribution in [1.82, 2.24) is 14.8 Å². The highest BCUT2D eigenvalue weighted by Crippen LogP contribution is 2.38. The van der Waals surface area contributed by atoms with E-state index in [-0.39, 0.29) is 18.0 Å². The molecule has 7 nitrogen and oxygen atoms in total. The molecule has 3 aromatic rings. The van der Waals surface area contributed by atoms with Gasteiger partial charge in [-0.1, -0.05) is 35.9 Å². The van der Waals surface area contributed by atoms with E-state index in [0.717, 1.165) is 59.4 Å². The number of hydrogen-bond acceptors (Lipinski definition) is 4. The maximum Gasteiger partial charge on any atom is 0.325 e. The SMILES string of the molecule is O=C(O)Cn1cc(CCc2ccc(/C(=C\[C@H]3CCOC3)c3ccc(C4CC4)c(=O)[nH]3)cc2Cl)cn1. The number of H-pyrrole nitrogens is 1. The summed E-state index contributed by atoms with van der Waals surface area (Å²) in [6, 6.07) is 10.00. The van der Waals surface area contributed by atoms with Gasteiger partial charge in [0.1, 0.15) is 6.54 Å². The molecule has 2 aliphatic rings. The van der Waals surface area contributed by atoms with Crippen LogP contribution in [0.4, 0.5) is 0 Å². The molecule has 1 atom stereocenters. The maximum absolute atomic E-state index is 12.7. The Labute approximate surface area is 208 Å². The summed E-state index contributed by atoms with van der Waals surface area (Å²) in [6.45, 7) is 1.27. The first-order valence-corrected chi connectivity index (χ1v) is 12.4. The molecule has 2 N–H and O–H groups in total. The van der Waals surface area contributed by atoms with Crippen molar-refractivity contribution in [2.24, 2.45) is 5.92 Å². The second kappa shape index (κ2) is 10.2. The van der Waals surface area contributed by atoms with Crippen molar-refractivity contribution in [3.05, 3.63) is 92.1 Å². The van der Waals surface area contributed by atoms with E-state index in [1.807, 2.05) is 30.3 Å². The number of halogens is 1. The lowest BCUT2D eigenvalue weighted by Gasteiger charge is -2.14. The van der Waals surface area contributed by atoms with Gasteiger partial charge in [0, 0.05) is 40.6 Å². The van der Waals surface area contributed by atoms with Crippen molar-refractivity contribution < 1.29 is 14.6 Å². The van der Waals surface area contributed by atoms with Crippen molar-refractivity contribution in [1.29, 1.82) is 0 Å². The van der Waals surface area contributed by atoms with Crippen molar-refractivity contribution in [2.45, 2.75) is 44.6 Å². The molecule has 2 aromatic heterocycles. The Balaban J connectivity index is 1.38. The van der Waals surface area contributed by atoms with Gasteiger partial charge in [-0.15, -0.1) is 0 Å². The summed E-state index contributed by atoms with van der Waals surface area (Å²) < 4.78 is 6.99. The molecule has 8 heteroatoms. The summed E-state index contributed by atoms with van der Waals surface area (Å²) >= 11 is 6.70. The van der Waals surface area contributed by atoms with Gasteiger partial charge >= 0.3 is 5.97 Å². The lowest BCUT2D eigenvalue weighted by Crippen LogP contribution is -2.14. The van der Waals surface area contributed by atoms with Crippen molar-refractivity contribution in [3.8, 4) is 0 Å². The number of rotatable bonds is 9. The van der Waals surface area contributed by atoms with Crippen LogP contribution in [0, 0.1) is 5.92 Å². The van der Waals surface area contributed by atoms with Crippen LogP contribution in [0.1, 0.15) is 53.1 Å². The van der Waals surface area contributed by atoms with Gasteiger partial charge in [0.2, 0.25) is 0 Å². The van der Waals surface area contributed by atoms with Crippen molar-refractivity contribution in [2.75, 3.05) is 13.2 Å². The third-order valence-electron chi connectivity index (χ3n) is 6.65. The molecule has 0 radical (unpaired) electrons. The highest BCUT2D eigenvalue weighted by atomic mass is 35.5. The van der Waals surface area contributed by atoms with E-state index in [9.17, 15) is 9.59 Å². The Morgan fingerprint density at radius 3 is 2.77 bits per heavy atom. The van der Waals surface area contributed by atoms with Crippen LogP contribution in [-0.4, -0.2) is 39.1 Å². The first-order valence-electron chi connectivity index (χ1n) is 12.0. The summed E-state index contributed by atoms with van der Waals surface area (Å²) in [5, 5.41) is 13.7. The Hall–Kier alpha value is -3.16. The van der Waals surface area contributed by atoms with Crippen LogP contribution in [0.5, 0.6) is 0 Å². The normalized spacial score (nSPS) is 18.2. The minimum Gasteiger partial charge on any atom is -0.480 e. The van der Waals surface area contributed by atoms with Gasteiger partial charge in [-0.3, -0.25) is 14.3 Å². The summed E-state index contributed by atoms with van der Waals surface area (Å²) in [5.74, 6) is -0.236. The Morgan fingerprint density at radius 2 is 2.09 bits per heavy atom. The topological polar surface area (TPSA) is 97.2 Å². The van der Waals surface area contributed by atoms with Gasteiger partial charge in [-0.2, -0.15) is 5.10 Å². The minimum absolute atomic E-state index is 0.00951. The predicted octanol–water partition coefficient (Wildman–Crippen LogP) is 4.44. The Bertz CT molecular complexity index is 1320.